The van der Waals surface area contributed by atoms with Crippen LogP contribution < -0.4 is 0 Å². The standard InChI is InChI=1S/C26H42O2S/c1-25-12-11-24-22(8-6-19-16-20(27)10-13-26(19,24)29)23(25)9-7-18(25)15-21(28)14-17-4-2-3-5-17/h6,17-18,20-24,27-29H,2-5,7-16H2,1H3/t18-,20+,21+,22+,23?,24?,25-,26-/m1/s1. The van der Waals surface area contributed by atoms with Crippen LogP contribution >= 0.6 is 12.6 Å². The summed E-state index contributed by atoms with van der Waals surface area (Å²) in [5.74, 6) is 3.76. The molecule has 2 unspecified atom stereocenters. The fourth-order valence-electron chi connectivity index (χ4n) is 8.80. The zero-order valence-electron chi connectivity index (χ0n) is 18.4. The van der Waals surface area contributed by atoms with Gasteiger partial charge in [-0.05, 0) is 99.2 Å². The van der Waals surface area contributed by atoms with E-state index in [0.29, 0.717) is 17.3 Å². The first-order valence-electron chi connectivity index (χ1n) is 12.7. The summed E-state index contributed by atoms with van der Waals surface area (Å²) >= 11 is 5.32. The summed E-state index contributed by atoms with van der Waals surface area (Å²) in [6.45, 7) is 2.57. The highest BCUT2D eigenvalue weighted by Crippen LogP contribution is 2.65. The van der Waals surface area contributed by atoms with E-state index in [1.807, 2.05) is 0 Å². The van der Waals surface area contributed by atoms with Gasteiger partial charge in [0.25, 0.3) is 0 Å². The zero-order chi connectivity index (χ0) is 20.2. The third-order valence-electron chi connectivity index (χ3n) is 10.4. The van der Waals surface area contributed by atoms with Gasteiger partial charge < -0.3 is 10.2 Å². The number of thiol groups is 1. The van der Waals surface area contributed by atoms with Crippen LogP contribution in [0, 0.1) is 35.0 Å². The SMILES string of the molecule is C[C@]12CCC3[C@@H](CC=C4C[C@@H](O)CC[C@@]43S)C1CC[C@@H]2C[C@@H](O)CC1CCCC1. The molecule has 3 heteroatoms. The molecule has 8 atom stereocenters. The third kappa shape index (κ3) is 3.55. The van der Waals surface area contributed by atoms with E-state index in [9.17, 15) is 10.2 Å². The van der Waals surface area contributed by atoms with E-state index < -0.39 is 0 Å². The number of allylic oxidation sites excluding steroid dienone is 1. The van der Waals surface area contributed by atoms with Crippen LogP contribution in [0.4, 0.5) is 0 Å². The monoisotopic (exact) mass is 418 g/mol. The summed E-state index contributed by atoms with van der Waals surface area (Å²) in [4.78, 5) is 0. The normalized spacial score (nSPS) is 48.6. The molecule has 0 amide bonds. The smallest absolute Gasteiger partial charge is 0.0578 e. The van der Waals surface area contributed by atoms with E-state index in [0.717, 1.165) is 49.9 Å². The van der Waals surface area contributed by atoms with Crippen molar-refractivity contribution in [3.63, 3.8) is 0 Å². The second-order valence-corrected chi connectivity index (χ2v) is 12.6. The number of hydrogen-bond donors (Lipinski definition) is 3. The van der Waals surface area contributed by atoms with Crippen LogP contribution in [0.3, 0.4) is 0 Å². The lowest BCUT2D eigenvalue weighted by molar-refractivity contribution is -0.0220. The van der Waals surface area contributed by atoms with Crippen LogP contribution in [0.5, 0.6) is 0 Å². The van der Waals surface area contributed by atoms with Crippen LogP contribution in [0.15, 0.2) is 11.6 Å². The van der Waals surface area contributed by atoms with Crippen molar-refractivity contribution in [2.75, 3.05) is 0 Å². The summed E-state index contributed by atoms with van der Waals surface area (Å²) in [5, 5.41) is 21.1. The van der Waals surface area contributed by atoms with Gasteiger partial charge in [-0.2, -0.15) is 12.6 Å². The van der Waals surface area contributed by atoms with Gasteiger partial charge in [0.05, 0.1) is 12.2 Å². The summed E-state index contributed by atoms with van der Waals surface area (Å²) in [6.07, 6.45) is 19.1. The molecule has 4 saturated carbocycles. The third-order valence-corrected chi connectivity index (χ3v) is 11.2. The Labute approximate surface area is 183 Å². The van der Waals surface area contributed by atoms with Gasteiger partial charge in [0.2, 0.25) is 0 Å². The minimum Gasteiger partial charge on any atom is -0.393 e. The highest BCUT2D eigenvalue weighted by molar-refractivity contribution is 7.82. The quantitative estimate of drug-likeness (QED) is 0.392. The van der Waals surface area contributed by atoms with E-state index in [4.69, 9.17) is 12.6 Å². The van der Waals surface area contributed by atoms with Crippen LogP contribution in [0.25, 0.3) is 0 Å². The van der Waals surface area contributed by atoms with Crippen LogP contribution in [0.2, 0.25) is 0 Å². The molecule has 164 valence electrons. The molecule has 5 aliphatic carbocycles. The van der Waals surface area contributed by atoms with Gasteiger partial charge in [-0.15, -0.1) is 0 Å². The molecule has 0 spiro atoms. The molecule has 0 bridgehead atoms. The lowest BCUT2D eigenvalue weighted by Crippen LogP contribution is -2.52. The van der Waals surface area contributed by atoms with Gasteiger partial charge in [0.1, 0.15) is 0 Å². The fraction of sp³-hybridized carbons (Fsp3) is 0.923. The molecule has 0 heterocycles. The Bertz CT molecular complexity index is 641. The Kier molecular flexibility index (Phi) is 5.66. The van der Waals surface area contributed by atoms with Gasteiger partial charge >= 0.3 is 0 Å². The average molecular weight is 419 g/mol. The van der Waals surface area contributed by atoms with Crippen LogP contribution in [-0.4, -0.2) is 27.2 Å². The van der Waals surface area contributed by atoms with E-state index in [1.54, 1.807) is 0 Å². The maximum absolute atomic E-state index is 10.9. The molecular weight excluding hydrogens is 376 g/mol. The fourth-order valence-corrected chi connectivity index (χ4v) is 9.43. The Balaban J connectivity index is 1.29. The topological polar surface area (TPSA) is 40.5 Å². The molecule has 0 radical (unpaired) electrons. The first kappa shape index (κ1) is 20.9. The van der Waals surface area contributed by atoms with E-state index >= 15 is 0 Å². The van der Waals surface area contributed by atoms with Crippen molar-refractivity contribution >= 4 is 12.6 Å². The molecule has 29 heavy (non-hydrogen) atoms. The van der Waals surface area contributed by atoms with Gasteiger partial charge in [0, 0.05) is 4.75 Å². The molecule has 0 aliphatic heterocycles. The van der Waals surface area contributed by atoms with Crippen molar-refractivity contribution < 1.29 is 10.2 Å². The van der Waals surface area contributed by atoms with Crippen molar-refractivity contribution in [3.8, 4) is 0 Å². The van der Waals surface area contributed by atoms with E-state index in [-0.39, 0.29) is 17.0 Å². The molecule has 0 aromatic heterocycles. The lowest BCUT2D eigenvalue weighted by Gasteiger charge is -2.57. The molecule has 2 nitrogen and oxygen atoms in total. The maximum Gasteiger partial charge on any atom is 0.0578 e. The van der Waals surface area contributed by atoms with Crippen molar-refractivity contribution in [1.29, 1.82) is 0 Å². The zero-order valence-corrected chi connectivity index (χ0v) is 19.3. The van der Waals surface area contributed by atoms with Gasteiger partial charge in [-0.25, -0.2) is 0 Å². The van der Waals surface area contributed by atoms with Crippen molar-refractivity contribution in [3.05, 3.63) is 11.6 Å². The van der Waals surface area contributed by atoms with Crippen molar-refractivity contribution in [2.45, 2.75) is 114 Å². The van der Waals surface area contributed by atoms with Crippen LogP contribution in [0.1, 0.15) is 96.8 Å². The Morgan fingerprint density at radius 2 is 1.83 bits per heavy atom. The number of aliphatic hydroxyl groups is 2. The Morgan fingerprint density at radius 1 is 1.03 bits per heavy atom. The summed E-state index contributed by atoms with van der Waals surface area (Å²) in [5.41, 5.74) is 1.87. The van der Waals surface area contributed by atoms with Crippen molar-refractivity contribution in [2.24, 2.45) is 35.0 Å². The molecule has 0 aromatic rings. The lowest BCUT2D eigenvalue weighted by atomic mass is 9.51. The minimum atomic E-state index is -0.149. The number of hydrogen-bond acceptors (Lipinski definition) is 3. The highest BCUT2D eigenvalue weighted by Gasteiger charge is 2.58. The molecule has 5 aliphatic rings. The van der Waals surface area contributed by atoms with E-state index in [2.05, 4.69) is 13.0 Å². The second kappa shape index (κ2) is 7.85. The molecule has 5 rings (SSSR count). The predicted molar refractivity (Wildman–Crippen MR) is 122 cm³/mol. The highest BCUT2D eigenvalue weighted by atomic mass is 32.1. The predicted octanol–water partition coefficient (Wildman–Crippen LogP) is 5.92. The first-order valence-corrected chi connectivity index (χ1v) is 13.1. The minimum absolute atomic E-state index is 0.0452. The van der Waals surface area contributed by atoms with Gasteiger partial charge in [-0.3, -0.25) is 0 Å². The van der Waals surface area contributed by atoms with Gasteiger partial charge in [-0.1, -0.05) is 44.3 Å². The number of aliphatic hydroxyl groups excluding tert-OH is 2. The maximum atomic E-state index is 10.9. The largest absolute Gasteiger partial charge is 0.393 e. The summed E-state index contributed by atoms with van der Waals surface area (Å²) in [6, 6.07) is 0. The number of fused-ring (bicyclic) bond motifs is 5. The summed E-state index contributed by atoms with van der Waals surface area (Å²) in [7, 11) is 0. The molecule has 4 fully saturated rings. The Morgan fingerprint density at radius 3 is 2.62 bits per heavy atom. The summed E-state index contributed by atoms with van der Waals surface area (Å²) < 4.78 is 0.0452. The molecule has 0 aromatic carbocycles. The van der Waals surface area contributed by atoms with Crippen LogP contribution in [-0.2, 0) is 0 Å². The second-order valence-electron chi connectivity index (χ2n) is 11.8. The molecule has 2 N–H and O–H groups in total. The van der Waals surface area contributed by atoms with Crippen molar-refractivity contribution in [1.82, 2.24) is 0 Å². The number of rotatable bonds is 4. The molecular formula is C26H42O2S. The van der Waals surface area contributed by atoms with E-state index in [1.165, 1.54) is 63.4 Å². The molecule has 0 saturated heterocycles. The Hall–Kier alpha value is 0.01000. The first-order chi connectivity index (χ1) is 13.9. The average Bonchev–Trinajstić information content (AvgIpc) is 3.30. The van der Waals surface area contributed by atoms with Gasteiger partial charge in [0.15, 0.2) is 0 Å².